The molecule has 2 aromatic rings. The Labute approximate surface area is 164 Å². The zero-order valence-electron chi connectivity index (χ0n) is 15.6. The number of fused-ring (bicyclic) bond motifs is 3. The van der Waals surface area contributed by atoms with E-state index in [1.165, 1.54) is 24.1 Å². The first-order chi connectivity index (χ1) is 13.3. The lowest BCUT2D eigenvalue weighted by Gasteiger charge is -2.26. The van der Waals surface area contributed by atoms with E-state index in [0.717, 1.165) is 51.3 Å². The van der Waals surface area contributed by atoms with Gasteiger partial charge in [-0.1, -0.05) is 25.3 Å². The van der Waals surface area contributed by atoms with Crippen molar-refractivity contribution in [3.05, 3.63) is 34.0 Å². The molecule has 6 nitrogen and oxygen atoms in total. The fraction of sp³-hybridized carbons (Fsp3) is 0.650. The number of amides is 1. The van der Waals surface area contributed by atoms with Crippen LogP contribution in [0.1, 0.15) is 65.8 Å². The SMILES string of the molecule is O=C(NC1CCCCC1)c1nnc2n1CC[C@@H]1CN(Cc3cccs3)C[C@@H]21. The Bertz CT molecular complexity index is 795. The summed E-state index contributed by atoms with van der Waals surface area (Å²) in [6.07, 6.45) is 7.02. The second-order valence-electron chi connectivity index (χ2n) is 8.27. The van der Waals surface area contributed by atoms with Crippen LogP contribution in [0.2, 0.25) is 0 Å². The highest BCUT2D eigenvalue weighted by Gasteiger charge is 2.40. The normalized spacial score (nSPS) is 25.9. The summed E-state index contributed by atoms with van der Waals surface area (Å²) in [6.45, 7) is 4.03. The average Bonchev–Trinajstić information content (AvgIpc) is 3.41. The molecule has 0 spiro atoms. The summed E-state index contributed by atoms with van der Waals surface area (Å²) < 4.78 is 2.09. The zero-order valence-corrected chi connectivity index (χ0v) is 16.5. The third kappa shape index (κ3) is 3.43. The first-order valence-corrected chi connectivity index (χ1v) is 11.1. The van der Waals surface area contributed by atoms with Gasteiger partial charge >= 0.3 is 0 Å². The van der Waals surface area contributed by atoms with Crippen molar-refractivity contribution in [2.24, 2.45) is 5.92 Å². The van der Waals surface area contributed by atoms with Crippen LogP contribution in [0.15, 0.2) is 17.5 Å². The summed E-state index contributed by atoms with van der Waals surface area (Å²) in [5.41, 5.74) is 0. The summed E-state index contributed by atoms with van der Waals surface area (Å²) in [5.74, 6) is 2.55. The van der Waals surface area contributed by atoms with E-state index in [0.29, 0.717) is 23.7 Å². The fourth-order valence-corrected chi connectivity index (χ4v) is 5.81. The predicted octanol–water partition coefficient (Wildman–Crippen LogP) is 3.02. The van der Waals surface area contributed by atoms with Crippen LogP contribution in [-0.2, 0) is 13.1 Å². The highest BCUT2D eigenvalue weighted by molar-refractivity contribution is 7.09. The lowest BCUT2D eigenvalue weighted by Crippen LogP contribution is -2.38. The van der Waals surface area contributed by atoms with Crippen molar-refractivity contribution in [3.63, 3.8) is 0 Å². The minimum Gasteiger partial charge on any atom is -0.347 e. The fourth-order valence-electron chi connectivity index (χ4n) is 5.07. The third-order valence-corrected chi connectivity index (χ3v) is 7.32. The summed E-state index contributed by atoms with van der Waals surface area (Å²) in [4.78, 5) is 16.7. The smallest absolute Gasteiger partial charge is 0.289 e. The molecule has 27 heavy (non-hydrogen) atoms. The van der Waals surface area contributed by atoms with Gasteiger partial charge < -0.3 is 9.88 Å². The van der Waals surface area contributed by atoms with Crippen LogP contribution in [0.4, 0.5) is 0 Å². The molecule has 0 bridgehead atoms. The van der Waals surface area contributed by atoms with Gasteiger partial charge in [0, 0.05) is 43.0 Å². The van der Waals surface area contributed by atoms with Gasteiger partial charge in [-0.3, -0.25) is 9.69 Å². The second-order valence-corrected chi connectivity index (χ2v) is 9.30. The molecule has 0 aromatic carbocycles. The summed E-state index contributed by atoms with van der Waals surface area (Å²) >= 11 is 1.83. The monoisotopic (exact) mass is 385 g/mol. The molecule has 0 radical (unpaired) electrons. The summed E-state index contributed by atoms with van der Waals surface area (Å²) in [5, 5.41) is 14.1. The number of nitrogens with zero attached hydrogens (tertiary/aromatic N) is 4. The maximum atomic E-state index is 12.8. The molecular weight excluding hydrogens is 358 g/mol. The molecular formula is C20H27N5OS. The van der Waals surface area contributed by atoms with E-state index in [1.54, 1.807) is 0 Å². The van der Waals surface area contributed by atoms with E-state index in [2.05, 4.69) is 42.5 Å². The van der Waals surface area contributed by atoms with Crippen LogP contribution in [0.5, 0.6) is 0 Å². The highest BCUT2D eigenvalue weighted by atomic mass is 32.1. The highest BCUT2D eigenvalue weighted by Crippen LogP contribution is 2.39. The molecule has 0 unspecified atom stereocenters. The van der Waals surface area contributed by atoms with Crippen LogP contribution in [-0.4, -0.2) is 44.7 Å². The van der Waals surface area contributed by atoms with Gasteiger partial charge in [0.25, 0.3) is 5.91 Å². The number of hydrogen-bond acceptors (Lipinski definition) is 5. The molecule has 2 fully saturated rings. The molecule has 7 heteroatoms. The van der Waals surface area contributed by atoms with Crippen molar-refractivity contribution in [1.29, 1.82) is 0 Å². The number of nitrogens with one attached hydrogen (secondary N) is 1. The van der Waals surface area contributed by atoms with Crippen LogP contribution in [0.3, 0.4) is 0 Å². The predicted molar refractivity (Wildman–Crippen MR) is 105 cm³/mol. The molecule has 1 N–H and O–H groups in total. The van der Waals surface area contributed by atoms with Gasteiger partial charge in [-0.25, -0.2) is 0 Å². The van der Waals surface area contributed by atoms with Gasteiger partial charge in [0.05, 0.1) is 0 Å². The molecule has 1 saturated heterocycles. The van der Waals surface area contributed by atoms with Crippen LogP contribution < -0.4 is 5.32 Å². The standard InChI is InChI=1S/C20H27N5OS/c26-20(21-15-5-2-1-3-6-15)19-23-22-18-17-13-24(12-16-7-4-10-27-16)11-14(17)8-9-25(18)19/h4,7,10,14-15,17H,1-3,5-6,8-9,11-13H2,(H,21,26)/t14-,17-/m1/s1. The van der Waals surface area contributed by atoms with Crippen molar-refractivity contribution in [2.75, 3.05) is 13.1 Å². The largest absolute Gasteiger partial charge is 0.347 e. The molecule has 1 saturated carbocycles. The Morgan fingerprint density at radius 2 is 2.07 bits per heavy atom. The molecule has 2 aromatic heterocycles. The number of thiophene rings is 1. The molecule has 1 aliphatic carbocycles. The van der Waals surface area contributed by atoms with E-state index in [4.69, 9.17) is 0 Å². The number of hydrogen-bond donors (Lipinski definition) is 1. The Kier molecular flexibility index (Phi) is 4.73. The molecule has 144 valence electrons. The quantitative estimate of drug-likeness (QED) is 0.879. The number of carbonyl (C=O) groups excluding carboxylic acids is 1. The summed E-state index contributed by atoms with van der Waals surface area (Å²) in [6, 6.07) is 4.64. The van der Waals surface area contributed by atoms with Crippen molar-refractivity contribution in [2.45, 2.75) is 63.6 Å². The average molecular weight is 386 g/mol. The number of rotatable bonds is 4. The van der Waals surface area contributed by atoms with E-state index in [9.17, 15) is 4.79 Å². The van der Waals surface area contributed by atoms with Gasteiger partial charge in [0.15, 0.2) is 0 Å². The van der Waals surface area contributed by atoms with Gasteiger partial charge in [-0.2, -0.15) is 0 Å². The zero-order chi connectivity index (χ0) is 18.2. The molecule has 1 amide bonds. The van der Waals surface area contributed by atoms with Gasteiger partial charge in [-0.15, -0.1) is 21.5 Å². The van der Waals surface area contributed by atoms with E-state index < -0.39 is 0 Å². The number of carbonyl (C=O) groups is 1. The van der Waals surface area contributed by atoms with Crippen LogP contribution in [0, 0.1) is 5.92 Å². The maximum absolute atomic E-state index is 12.8. The Balaban J connectivity index is 1.29. The number of aromatic nitrogens is 3. The molecule has 5 rings (SSSR count). The maximum Gasteiger partial charge on any atom is 0.289 e. The van der Waals surface area contributed by atoms with E-state index in [-0.39, 0.29) is 5.91 Å². The van der Waals surface area contributed by atoms with Gasteiger partial charge in [0.2, 0.25) is 5.82 Å². The second kappa shape index (κ2) is 7.36. The topological polar surface area (TPSA) is 63.1 Å². The minimum absolute atomic E-state index is 0.0347. The lowest BCUT2D eigenvalue weighted by atomic mass is 9.89. The lowest BCUT2D eigenvalue weighted by molar-refractivity contribution is 0.0910. The van der Waals surface area contributed by atoms with Crippen LogP contribution >= 0.6 is 11.3 Å². The van der Waals surface area contributed by atoms with Crippen LogP contribution in [0.25, 0.3) is 0 Å². The van der Waals surface area contributed by atoms with Crippen molar-refractivity contribution in [1.82, 2.24) is 25.0 Å². The van der Waals surface area contributed by atoms with Crippen molar-refractivity contribution < 1.29 is 4.79 Å². The molecule has 4 heterocycles. The first kappa shape index (κ1) is 17.4. The van der Waals surface area contributed by atoms with Crippen molar-refractivity contribution >= 4 is 17.2 Å². The van der Waals surface area contributed by atoms with E-state index >= 15 is 0 Å². The molecule has 2 aliphatic heterocycles. The molecule has 3 aliphatic rings. The number of likely N-dealkylation sites (tertiary alicyclic amines) is 1. The summed E-state index contributed by atoms with van der Waals surface area (Å²) in [7, 11) is 0. The van der Waals surface area contributed by atoms with Gasteiger partial charge in [0.1, 0.15) is 5.82 Å². The van der Waals surface area contributed by atoms with E-state index in [1.807, 2.05) is 11.3 Å². The molecule has 2 atom stereocenters. The third-order valence-electron chi connectivity index (χ3n) is 6.45. The van der Waals surface area contributed by atoms with Gasteiger partial charge in [-0.05, 0) is 36.6 Å². The minimum atomic E-state index is -0.0347. The Morgan fingerprint density at radius 3 is 2.89 bits per heavy atom. The Hall–Kier alpha value is -1.73. The first-order valence-electron chi connectivity index (χ1n) is 10.3. The Morgan fingerprint density at radius 1 is 1.19 bits per heavy atom. The van der Waals surface area contributed by atoms with Crippen molar-refractivity contribution in [3.8, 4) is 0 Å².